The van der Waals surface area contributed by atoms with Crippen LogP contribution in [0, 0.1) is 0 Å². The summed E-state index contributed by atoms with van der Waals surface area (Å²) in [5.74, 6) is 0.173. The average Bonchev–Trinajstić information content (AvgIpc) is 2.74. The molecule has 1 aliphatic carbocycles. The van der Waals surface area contributed by atoms with Crippen molar-refractivity contribution in [3.8, 4) is 11.1 Å². The Morgan fingerprint density at radius 3 is 1.58 bits per heavy atom. The monoisotopic (exact) mass is 250 g/mol. The van der Waals surface area contributed by atoms with E-state index < -0.39 is 0 Å². The lowest BCUT2D eigenvalue weighted by molar-refractivity contribution is 0.513. The minimum atomic E-state index is 0.0863. The molecule has 2 N–H and O–H groups in total. The first-order valence-electron chi connectivity index (χ1n) is 6.09. The smallest absolute Gasteiger partial charge is 0.115 e. The Morgan fingerprint density at radius 1 is 0.789 bits per heavy atom. The van der Waals surface area contributed by atoms with Crippen molar-refractivity contribution in [3.63, 3.8) is 0 Å². The zero-order chi connectivity index (χ0) is 13.6. The molecule has 2 heteroatoms. The van der Waals surface area contributed by atoms with Crippen LogP contribution in [0.3, 0.4) is 0 Å². The van der Waals surface area contributed by atoms with E-state index in [0.717, 1.165) is 17.5 Å². The molecule has 0 aromatic heterocycles. The Bertz CT molecular complexity index is 650. The molecule has 2 aromatic rings. The fourth-order valence-electron chi connectivity index (χ4n) is 2.57. The Labute approximate surface area is 112 Å². The summed E-state index contributed by atoms with van der Waals surface area (Å²) in [4.78, 5) is 0. The van der Waals surface area contributed by atoms with Gasteiger partial charge in [0.15, 0.2) is 0 Å². The Kier molecular flexibility index (Phi) is 2.46. The minimum absolute atomic E-state index is 0.0863. The number of rotatable bonds is 2. The summed E-state index contributed by atoms with van der Waals surface area (Å²) < 4.78 is 0. The van der Waals surface area contributed by atoms with Crippen molar-refractivity contribution < 1.29 is 10.2 Å². The van der Waals surface area contributed by atoms with Crippen molar-refractivity contribution in [2.24, 2.45) is 0 Å². The van der Waals surface area contributed by atoms with Gasteiger partial charge in [-0.25, -0.2) is 0 Å². The van der Waals surface area contributed by atoms with Crippen LogP contribution in [0.5, 0.6) is 0 Å². The summed E-state index contributed by atoms with van der Waals surface area (Å²) in [6, 6.07) is 11.7. The molecule has 0 atom stereocenters. The maximum absolute atomic E-state index is 9.45. The predicted molar refractivity (Wildman–Crippen MR) is 78.0 cm³/mol. The normalized spacial score (nSPS) is 11.8. The third kappa shape index (κ3) is 1.82. The predicted octanol–water partition coefficient (Wildman–Crippen LogP) is 4.32. The van der Waals surface area contributed by atoms with Gasteiger partial charge in [-0.15, -0.1) is 0 Å². The molecule has 0 radical (unpaired) electrons. The highest BCUT2D eigenvalue weighted by Crippen LogP contribution is 2.38. The van der Waals surface area contributed by atoms with Crippen molar-refractivity contribution in [2.75, 3.05) is 0 Å². The first-order chi connectivity index (χ1) is 9.06. The van der Waals surface area contributed by atoms with E-state index in [1.165, 1.54) is 22.3 Å². The lowest BCUT2D eigenvalue weighted by Crippen LogP contribution is -1.86. The van der Waals surface area contributed by atoms with Gasteiger partial charge in [0.2, 0.25) is 0 Å². The summed E-state index contributed by atoms with van der Waals surface area (Å²) in [5, 5.41) is 18.9. The molecule has 0 unspecified atom stereocenters. The third-order valence-corrected chi connectivity index (χ3v) is 3.55. The van der Waals surface area contributed by atoms with Gasteiger partial charge in [0, 0.05) is 11.1 Å². The van der Waals surface area contributed by atoms with Crippen LogP contribution in [0.15, 0.2) is 49.6 Å². The summed E-state index contributed by atoms with van der Waals surface area (Å²) in [7, 11) is 0. The first kappa shape index (κ1) is 11.6. The number of aliphatic hydroxyl groups excluding tert-OH is 2. The van der Waals surface area contributed by atoms with Crippen molar-refractivity contribution in [1.29, 1.82) is 0 Å². The van der Waals surface area contributed by atoms with Crippen LogP contribution in [-0.2, 0) is 6.42 Å². The lowest BCUT2D eigenvalue weighted by Gasteiger charge is -2.04. The summed E-state index contributed by atoms with van der Waals surface area (Å²) in [5.41, 5.74) is 6.19. The fourth-order valence-corrected chi connectivity index (χ4v) is 2.57. The van der Waals surface area contributed by atoms with Crippen molar-refractivity contribution in [2.45, 2.75) is 6.42 Å². The van der Waals surface area contributed by atoms with Crippen molar-refractivity contribution in [1.82, 2.24) is 0 Å². The molecule has 2 aromatic carbocycles. The average molecular weight is 250 g/mol. The number of benzene rings is 2. The maximum atomic E-state index is 9.45. The molecule has 0 bridgehead atoms. The summed E-state index contributed by atoms with van der Waals surface area (Å²) in [6.07, 6.45) is 0.799. The van der Waals surface area contributed by atoms with Crippen molar-refractivity contribution in [3.05, 3.63) is 71.8 Å². The zero-order valence-electron chi connectivity index (χ0n) is 10.5. The van der Waals surface area contributed by atoms with Crippen molar-refractivity contribution >= 4 is 11.5 Å². The molecule has 1 aliphatic rings. The van der Waals surface area contributed by atoms with E-state index >= 15 is 0 Å². The fraction of sp³-hybridized carbons (Fsp3) is 0.0588. The molecular weight excluding hydrogens is 236 g/mol. The first-order valence-corrected chi connectivity index (χ1v) is 6.09. The molecule has 3 rings (SSSR count). The highest BCUT2D eigenvalue weighted by atomic mass is 16.3. The highest BCUT2D eigenvalue weighted by molar-refractivity contribution is 5.80. The molecule has 0 saturated heterocycles. The molecule has 0 saturated carbocycles. The van der Waals surface area contributed by atoms with Gasteiger partial charge in [0.1, 0.15) is 11.5 Å². The number of hydrogen-bond donors (Lipinski definition) is 2. The second-order valence-corrected chi connectivity index (χ2v) is 4.81. The van der Waals surface area contributed by atoms with Crippen LogP contribution in [0.4, 0.5) is 0 Å². The number of fused-ring (bicyclic) bond motifs is 3. The van der Waals surface area contributed by atoms with E-state index in [4.69, 9.17) is 0 Å². The van der Waals surface area contributed by atoms with Gasteiger partial charge in [-0.1, -0.05) is 37.4 Å². The lowest BCUT2D eigenvalue weighted by atomic mass is 10.0. The Morgan fingerprint density at radius 2 is 1.21 bits per heavy atom. The number of aliphatic hydroxyl groups is 2. The van der Waals surface area contributed by atoms with E-state index in [0.29, 0.717) is 0 Å². The molecule has 19 heavy (non-hydrogen) atoms. The second kappa shape index (κ2) is 4.02. The Hall–Kier alpha value is -2.48. The molecule has 94 valence electrons. The van der Waals surface area contributed by atoms with Crippen LogP contribution < -0.4 is 0 Å². The molecule has 0 heterocycles. The van der Waals surface area contributed by atoms with Gasteiger partial charge >= 0.3 is 0 Å². The SMILES string of the molecule is C=C(O)c1ccc2c(c1)Cc1cc(C(=C)O)ccc1-2. The number of hydrogen-bond acceptors (Lipinski definition) is 2. The standard InChI is InChI=1S/C17H14O2/c1-10(18)12-3-5-16-14(7-12)9-15-8-13(11(2)19)4-6-17(15)16/h3-8,18-19H,1-2,9H2. The van der Waals surface area contributed by atoms with Crippen LogP contribution in [-0.4, -0.2) is 10.2 Å². The summed E-state index contributed by atoms with van der Waals surface area (Å²) in [6.45, 7) is 7.10. The van der Waals surface area contributed by atoms with E-state index in [2.05, 4.69) is 13.2 Å². The minimum Gasteiger partial charge on any atom is -0.508 e. The quantitative estimate of drug-likeness (QED) is 0.665. The van der Waals surface area contributed by atoms with Crippen LogP contribution in [0.2, 0.25) is 0 Å². The molecule has 0 fully saturated rings. The largest absolute Gasteiger partial charge is 0.508 e. The molecule has 2 nitrogen and oxygen atoms in total. The molecule has 0 aliphatic heterocycles. The molecular formula is C17H14O2. The van der Waals surface area contributed by atoms with E-state index in [1.807, 2.05) is 36.4 Å². The topological polar surface area (TPSA) is 40.5 Å². The Balaban J connectivity index is 2.10. The van der Waals surface area contributed by atoms with Gasteiger partial charge in [-0.05, 0) is 40.8 Å². The van der Waals surface area contributed by atoms with Crippen LogP contribution in [0.1, 0.15) is 22.3 Å². The third-order valence-electron chi connectivity index (χ3n) is 3.55. The highest BCUT2D eigenvalue weighted by Gasteiger charge is 2.19. The second-order valence-electron chi connectivity index (χ2n) is 4.81. The van der Waals surface area contributed by atoms with Crippen LogP contribution >= 0.6 is 0 Å². The van der Waals surface area contributed by atoms with Gasteiger partial charge in [0.25, 0.3) is 0 Å². The molecule has 0 spiro atoms. The summed E-state index contributed by atoms with van der Waals surface area (Å²) >= 11 is 0. The zero-order valence-corrected chi connectivity index (χ0v) is 10.5. The van der Waals surface area contributed by atoms with Crippen LogP contribution in [0.25, 0.3) is 22.6 Å². The van der Waals surface area contributed by atoms with Gasteiger partial charge < -0.3 is 10.2 Å². The van der Waals surface area contributed by atoms with Gasteiger partial charge in [0.05, 0.1) is 0 Å². The molecule has 0 amide bonds. The van der Waals surface area contributed by atoms with E-state index in [1.54, 1.807) is 0 Å². The van der Waals surface area contributed by atoms with Gasteiger partial charge in [-0.3, -0.25) is 0 Å². The van der Waals surface area contributed by atoms with E-state index in [-0.39, 0.29) is 11.5 Å². The van der Waals surface area contributed by atoms with Gasteiger partial charge in [-0.2, -0.15) is 0 Å². The maximum Gasteiger partial charge on any atom is 0.115 e. The van der Waals surface area contributed by atoms with E-state index in [9.17, 15) is 10.2 Å².